The van der Waals surface area contributed by atoms with Crippen LogP contribution in [0.2, 0.25) is 0 Å². The Labute approximate surface area is 128 Å². The second-order valence-corrected chi connectivity index (χ2v) is 6.19. The Kier molecular flexibility index (Phi) is 5.47. The average Bonchev–Trinajstić information content (AvgIpc) is 2.72. The molecular formula is C15H30N6. The fourth-order valence-corrected chi connectivity index (χ4v) is 2.91. The van der Waals surface area contributed by atoms with E-state index in [0.29, 0.717) is 0 Å². The molecule has 2 rings (SSSR count). The van der Waals surface area contributed by atoms with E-state index in [1.165, 1.54) is 0 Å². The molecule has 0 radical (unpaired) electrons. The van der Waals surface area contributed by atoms with E-state index in [0.717, 1.165) is 69.3 Å². The number of rotatable bonds is 6. The Morgan fingerprint density at radius 3 is 2.43 bits per heavy atom. The maximum atomic E-state index is 6.31. The van der Waals surface area contributed by atoms with Crippen LogP contribution in [-0.4, -0.2) is 72.9 Å². The van der Waals surface area contributed by atoms with Crippen molar-refractivity contribution in [3.63, 3.8) is 0 Å². The van der Waals surface area contributed by atoms with Crippen molar-refractivity contribution in [3.8, 4) is 0 Å². The molecule has 0 aromatic carbocycles. The highest BCUT2D eigenvalue weighted by Crippen LogP contribution is 2.27. The largest absolute Gasteiger partial charge is 0.394 e. The first kappa shape index (κ1) is 16.1. The van der Waals surface area contributed by atoms with E-state index >= 15 is 0 Å². The minimum atomic E-state index is 0.876. The Bertz CT molecular complexity index is 445. The molecule has 1 aromatic heterocycles. The van der Waals surface area contributed by atoms with Crippen LogP contribution in [0.1, 0.15) is 19.0 Å². The molecule has 0 atom stereocenters. The normalized spacial score (nSPS) is 16.9. The van der Waals surface area contributed by atoms with E-state index in [-0.39, 0.29) is 0 Å². The van der Waals surface area contributed by atoms with Crippen LogP contribution in [0, 0.1) is 0 Å². The Morgan fingerprint density at radius 2 is 1.86 bits per heavy atom. The minimum Gasteiger partial charge on any atom is -0.394 e. The summed E-state index contributed by atoms with van der Waals surface area (Å²) in [5.74, 6) is 1.10. The first-order valence-electron chi connectivity index (χ1n) is 7.96. The van der Waals surface area contributed by atoms with Gasteiger partial charge in [-0.15, -0.1) is 0 Å². The maximum absolute atomic E-state index is 6.31. The van der Waals surface area contributed by atoms with Gasteiger partial charge in [-0.1, -0.05) is 13.3 Å². The highest BCUT2D eigenvalue weighted by Gasteiger charge is 2.23. The highest BCUT2D eigenvalue weighted by molar-refractivity contribution is 5.66. The van der Waals surface area contributed by atoms with Crippen LogP contribution in [0.25, 0.3) is 0 Å². The predicted molar refractivity (Wildman–Crippen MR) is 88.8 cm³/mol. The van der Waals surface area contributed by atoms with E-state index in [1.807, 2.05) is 11.7 Å². The lowest BCUT2D eigenvalue weighted by Gasteiger charge is -2.36. The first-order valence-corrected chi connectivity index (χ1v) is 7.96. The molecule has 21 heavy (non-hydrogen) atoms. The van der Waals surface area contributed by atoms with E-state index in [4.69, 9.17) is 5.73 Å². The van der Waals surface area contributed by atoms with E-state index in [9.17, 15) is 0 Å². The smallest absolute Gasteiger partial charge is 0.150 e. The molecule has 0 amide bonds. The van der Waals surface area contributed by atoms with Crippen molar-refractivity contribution in [2.75, 3.05) is 64.0 Å². The summed E-state index contributed by atoms with van der Waals surface area (Å²) in [6.07, 6.45) is 2.04. The molecule has 1 aliphatic rings. The van der Waals surface area contributed by atoms with Crippen molar-refractivity contribution < 1.29 is 0 Å². The Balaban J connectivity index is 1.96. The molecular weight excluding hydrogens is 264 g/mol. The Hall–Kier alpha value is -1.27. The van der Waals surface area contributed by atoms with Gasteiger partial charge in [-0.25, -0.2) is 0 Å². The maximum Gasteiger partial charge on any atom is 0.150 e. The van der Waals surface area contributed by atoms with Gasteiger partial charge in [0.15, 0.2) is 0 Å². The van der Waals surface area contributed by atoms with Gasteiger partial charge in [-0.05, 0) is 20.5 Å². The third-order valence-corrected chi connectivity index (χ3v) is 4.15. The number of hydrogen-bond acceptors (Lipinski definition) is 5. The van der Waals surface area contributed by atoms with Gasteiger partial charge in [0, 0.05) is 46.3 Å². The van der Waals surface area contributed by atoms with Gasteiger partial charge in [0.2, 0.25) is 0 Å². The van der Waals surface area contributed by atoms with Gasteiger partial charge in [-0.2, -0.15) is 5.10 Å². The standard InChI is InChI=1S/C15H30N6/c1-5-6-13-14(16)15(19(4)17-13)21-11-9-20(10-12-21)8-7-18(2)3/h5-12,16H2,1-4H3. The van der Waals surface area contributed by atoms with Gasteiger partial charge in [0.25, 0.3) is 0 Å². The minimum absolute atomic E-state index is 0.876. The summed E-state index contributed by atoms with van der Waals surface area (Å²) in [6, 6.07) is 0. The number of likely N-dealkylation sites (N-methyl/N-ethyl adjacent to an activating group) is 1. The van der Waals surface area contributed by atoms with Crippen molar-refractivity contribution in [1.82, 2.24) is 19.6 Å². The molecule has 1 saturated heterocycles. The molecule has 1 aromatic rings. The molecule has 0 spiro atoms. The summed E-state index contributed by atoms with van der Waals surface area (Å²) in [4.78, 5) is 7.15. The summed E-state index contributed by atoms with van der Waals surface area (Å²) in [5, 5.41) is 4.58. The van der Waals surface area contributed by atoms with Crippen molar-refractivity contribution in [1.29, 1.82) is 0 Å². The van der Waals surface area contributed by atoms with Crippen LogP contribution in [-0.2, 0) is 13.5 Å². The van der Waals surface area contributed by atoms with Crippen LogP contribution in [0.5, 0.6) is 0 Å². The summed E-state index contributed by atoms with van der Waals surface area (Å²) in [7, 11) is 6.26. The summed E-state index contributed by atoms with van der Waals surface area (Å²) >= 11 is 0. The van der Waals surface area contributed by atoms with Crippen molar-refractivity contribution >= 4 is 11.5 Å². The zero-order valence-corrected chi connectivity index (χ0v) is 14.0. The number of nitrogens with zero attached hydrogens (tertiary/aromatic N) is 5. The van der Waals surface area contributed by atoms with Gasteiger partial charge in [0.05, 0.1) is 11.4 Å². The zero-order chi connectivity index (χ0) is 15.4. The summed E-state index contributed by atoms with van der Waals surface area (Å²) in [6.45, 7) is 8.68. The summed E-state index contributed by atoms with van der Waals surface area (Å²) < 4.78 is 1.95. The van der Waals surface area contributed by atoms with Crippen LogP contribution in [0.3, 0.4) is 0 Å². The quantitative estimate of drug-likeness (QED) is 0.834. The molecule has 1 fully saturated rings. The number of nitrogens with two attached hydrogens (primary N) is 1. The highest BCUT2D eigenvalue weighted by atomic mass is 15.4. The lowest BCUT2D eigenvalue weighted by molar-refractivity contribution is 0.229. The molecule has 2 heterocycles. The first-order chi connectivity index (χ1) is 10.0. The number of anilines is 2. The number of aromatic nitrogens is 2. The van der Waals surface area contributed by atoms with Gasteiger partial charge in [-0.3, -0.25) is 9.58 Å². The van der Waals surface area contributed by atoms with Gasteiger partial charge < -0.3 is 15.5 Å². The number of hydrogen-bond donors (Lipinski definition) is 1. The Morgan fingerprint density at radius 1 is 1.19 bits per heavy atom. The second kappa shape index (κ2) is 7.13. The van der Waals surface area contributed by atoms with Gasteiger partial charge >= 0.3 is 0 Å². The molecule has 0 unspecified atom stereocenters. The van der Waals surface area contributed by atoms with Crippen LogP contribution < -0.4 is 10.6 Å². The van der Waals surface area contributed by atoms with Crippen molar-refractivity contribution in [2.45, 2.75) is 19.8 Å². The predicted octanol–water partition coefficient (Wildman–Crippen LogP) is 0.638. The molecule has 0 aliphatic carbocycles. The molecule has 0 bridgehead atoms. The van der Waals surface area contributed by atoms with E-state index < -0.39 is 0 Å². The van der Waals surface area contributed by atoms with Crippen LogP contribution >= 0.6 is 0 Å². The van der Waals surface area contributed by atoms with Crippen LogP contribution in [0.15, 0.2) is 0 Å². The molecule has 0 saturated carbocycles. The van der Waals surface area contributed by atoms with E-state index in [2.05, 4.69) is 40.8 Å². The van der Waals surface area contributed by atoms with Crippen LogP contribution in [0.4, 0.5) is 11.5 Å². The molecule has 6 nitrogen and oxygen atoms in total. The molecule has 6 heteroatoms. The number of nitrogen functional groups attached to an aromatic ring is 1. The summed E-state index contributed by atoms with van der Waals surface area (Å²) in [5.41, 5.74) is 8.23. The second-order valence-electron chi connectivity index (χ2n) is 6.19. The fourth-order valence-electron chi connectivity index (χ4n) is 2.91. The third kappa shape index (κ3) is 3.89. The fraction of sp³-hybridized carbons (Fsp3) is 0.800. The number of piperazine rings is 1. The lowest BCUT2D eigenvalue weighted by Crippen LogP contribution is -2.48. The van der Waals surface area contributed by atoms with Gasteiger partial charge in [0.1, 0.15) is 5.82 Å². The monoisotopic (exact) mass is 294 g/mol. The SMILES string of the molecule is CCCc1nn(C)c(N2CCN(CCN(C)C)CC2)c1N. The van der Waals surface area contributed by atoms with E-state index in [1.54, 1.807) is 0 Å². The molecule has 1 aliphatic heterocycles. The lowest BCUT2D eigenvalue weighted by atomic mass is 10.2. The zero-order valence-electron chi connectivity index (χ0n) is 14.0. The van der Waals surface area contributed by atoms with Crippen molar-refractivity contribution in [2.24, 2.45) is 7.05 Å². The average molecular weight is 294 g/mol. The number of aryl methyl sites for hydroxylation is 2. The molecule has 2 N–H and O–H groups in total. The third-order valence-electron chi connectivity index (χ3n) is 4.15. The topological polar surface area (TPSA) is 53.6 Å². The molecule has 120 valence electrons. The van der Waals surface area contributed by atoms with Crippen molar-refractivity contribution in [3.05, 3.63) is 5.69 Å².